The van der Waals surface area contributed by atoms with Crippen LogP contribution < -0.4 is 11.1 Å². The Balaban J connectivity index is 2.32. The molecule has 0 aliphatic rings. The first-order valence-electron chi connectivity index (χ1n) is 6.73. The molecule has 110 valence electrons. The van der Waals surface area contributed by atoms with Crippen LogP contribution in [0.15, 0.2) is 24.3 Å². The van der Waals surface area contributed by atoms with Crippen LogP contribution in [0.3, 0.4) is 0 Å². The smallest absolute Gasteiger partial charge is 0.269 e. The quantitative estimate of drug-likeness (QED) is 0.561. The van der Waals surface area contributed by atoms with E-state index in [1.165, 1.54) is 12.1 Å². The Kier molecular flexibility index (Phi) is 6.66. The van der Waals surface area contributed by atoms with Crippen molar-refractivity contribution in [1.82, 2.24) is 5.32 Å². The largest absolute Gasteiger partial charge is 0.352 e. The maximum atomic E-state index is 11.6. The average molecular weight is 279 g/mol. The first kappa shape index (κ1) is 16.1. The second-order valence-corrected chi connectivity index (χ2v) is 4.92. The Labute approximate surface area is 118 Å². The number of nitro benzene ring substituents is 1. The maximum absolute atomic E-state index is 11.6. The minimum absolute atomic E-state index is 0.00720. The SMILES string of the molecule is CC(CCN)CCC(=O)NCc1ccc([N+](=O)[O-])cc1. The topological polar surface area (TPSA) is 98.3 Å². The van der Waals surface area contributed by atoms with Crippen molar-refractivity contribution in [3.63, 3.8) is 0 Å². The fourth-order valence-electron chi connectivity index (χ4n) is 1.83. The Hall–Kier alpha value is -1.95. The molecule has 1 rings (SSSR count). The first-order chi connectivity index (χ1) is 9.52. The van der Waals surface area contributed by atoms with E-state index in [1.807, 2.05) is 0 Å². The summed E-state index contributed by atoms with van der Waals surface area (Å²) in [5.41, 5.74) is 6.35. The van der Waals surface area contributed by atoms with Gasteiger partial charge in [-0.1, -0.05) is 19.1 Å². The van der Waals surface area contributed by atoms with E-state index in [2.05, 4.69) is 12.2 Å². The third-order valence-electron chi connectivity index (χ3n) is 3.16. The molecular formula is C14H21N3O3. The van der Waals surface area contributed by atoms with Crippen LogP contribution >= 0.6 is 0 Å². The number of hydrogen-bond acceptors (Lipinski definition) is 4. The molecule has 1 aromatic carbocycles. The van der Waals surface area contributed by atoms with Crippen LogP contribution in [0.25, 0.3) is 0 Å². The van der Waals surface area contributed by atoms with Crippen LogP contribution in [0.4, 0.5) is 5.69 Å². The summed E-state index contributed by atoms with van der Waals surface area (Å²) in [6, 6.07) is 6.17. The molecule has 0 fully saturated rings. The predicted molar refractivity (Wildman–Crippen MR) is 77.0 cm³/mol. The molecule has 0 aliphatic heterocycles. The number of amides is 1. The number of carbonyl (C=O) groups excluding carboxylic acids is 1. The van der Waals surface area contributed by atoms with Gasteiger partial charge in [0.15, 0.2) is 0 Å². The molecule has 0 saturated heterocycles. The van der Waals surface area contributed by atoms with Crippen LogP contribution in [-0.4, -0.2) is 17.4 Å². The number of nitrogens with zero attached hydrogens (tertiary/aromatic N) is 1. The summed E-state index contributed by atoms with van der Waals surface area (Å²) in [6.07, 6.45) is 2.23. The molecule has 6 nitrogen and oxygen atoms in total. The van der Waals surface area contributed by atoms with Crippen molar-refractivity contribution in [3.8, 4) is 0 Å². The molecule has 0 heterocycles. The van der Waals surface area contributed by atoms with Crippen molar-refractivity contribution < 1.29 is 9.72 Å². The van der Waals surface area contributed by atoms with Crippen LogP contribution in [0, 0.1) is 16.0 Å². The number of rotatable bonds is 8. The molecule has 0 bridgehead atoms. The average Bonchev–Trinajstić information content (AvgIpc) is 2.43. The lowest BCUT2D eigenvalue weighted by atomic mass is 10.0. The molecule has 0 radical (unpaired) electrons. The molecule has 0 aromatic heterocycles. The van der Waals surface area contributed by atoms with Crippen molar-refractivity contribution in [2.24, 2.45) is 11.7 Å². The Morgan fingerprint density at radius 3 is 2.55 bits per heavy atom. The van der Waals surface area contributed by atoms with Crippen LogP contribution in [0.2, 0.25) is 0 Å². The summed E-state index contributed by atoms with van der Waals surface area (Å²) in [5.74, 6) is 0.442. The van der Waals surface area contributed by atoms with E-state index in [-0.39, 0.29) is 11.6 Å². The van der Waals surface area contributed by atoms with E-state index in [4.69, 9.17) is 5.73 Å². The highest BCUT2D eigenvalue weighted by Gasteiger charge is 2.07. The Morgan fingerprint density at radius 2 is 2.00 bits per heavy atom. The first-order valence-corrected chi connectivity index (χ1v) is 6.73. The normalized spacial score (nSPS) is 11.9. The van der Waals surface area contributed by atoms with Gasteiger partial charge in [-0.25, -0.2) is 0 Å². The molecule has 6 heteroatoms. The molecule has 0 spiro atoms. The standard InChI is InChI=1S/C14H21N3O3/c1-11(8-9-15)2-7-14(18)16-10-12-3-5-13(6-4-12)17(19)20/h3-6,11H,2,7-10,15H2,1H3,(H,16,18). The summed E-state index contributed by atoms with van der Waals surface area (Å²) < 4.78 is 0. The zero-order chi connectivity index (χ0) is 15.0. The highest BCUT2D eigenvalue weighted by molar-refractivity contribution is 5.75. The molecule has 1 amide bonds. The number of carbonyl (C=O) groups is 1. The molecule has 20 heavy (non-hydrogen) atoms. The highest BCUT2D eigenvalue weighted by Crippen LogP contribution is 2.12. The minimum atomic E-state index is -0.443. The number of non-ortho nitro benzene ring substituents is 1. The van der Waals surface area contributed by atoms with E-state index < -0.39 is 4.92 Å². The van der Waals surface area contributed by atoms with Gasteiger partial charge in [-0.3, -0.25) is 14.9 Å². The molecule has 0 saturated carbocycles. The van der Waals surface area contributed by atoms with Crippen LogP contribution in [0.5, 0.6) is 0 Å². The summed E-state index contributed by atoms with van der Waals surface area (Å²) in [5, 5.41) is 13.3. The molecule has 1 unspecified atom stereocenters. The summed E-state index contributed by atoms with van der Waals surface area (Å²) in [6.45, 7) is 3.12. The molecule has 3 N–H and O–H groups in total. The molecule has 1 aromatic rings. The van der Waals surface area contributed by atoms with E-state index >= 15 is 0 Å². The highest BCUT2D eigenvalue weighted by atomic mass is 16.6. The Bertz CT molecular complexity index is 445. The van der Waals surface area contributed by atoms with Gasteiger partial charge in [0.2, 0.25) is 5.91 Å². The van der Waals surface area contributed by atoms with Gasteiger partial charge in [-0.05, 0) is 30.9 Å². The number of hydrogen-bond donors (Lipinski definition) is 2. The monoisotopic (exact) mass is 279 g/mol. The van der Waals surface area contributed by atoms with Gasteiger partial charge in [0.05, 0.1) is 4.92 Å². The second-order valence-electron chi connectivity index (χ2n) is 4.92. The number of nitrogens with one attached hydrogen (secondary N) is 1. The van der Waals surface area contributed by atoms with Gasteiger partial charge in [-0.2, -0.15) is 0 Å². The summed E-state index contributed by atoms with van der Waals surface area (Å²) in [7, 11) is 0. The zero-order valence-corrected chi connectivity index (χ0v) is 11.7. The van der Waals surface area contributed by atoms with E-state index in [0.29, 0.717) is 25.4 Å². The summed E-state index contributed by atoms with van der Waals surface area (Å²) in [4.78, 5) is 21.7. The zero-order valence-electron chi connectivity index (χ0n) is 11.7. The fraction of sp³-hybridized carbons (Fsp3) is 0.500. The number of nitro groups is 1. The number of benzene rings is 1. The van der Waals surface area contributed by atoms with Gasteiger partial charge in [0.1, 0.15) is 0 Å². The predicted octanol–water partition coefficient (Wildman–Crippen LogP) is 1.98. The van der Waals surface area contributed by atoms with Crippen molar-refractivity contribution >= 4 is 11.6 Å². The minimum Gasteiger partial charge on any atom is -0.352 e. The second kappa shape index (κ2) is 8.27. The van der Waals surface area contributed by atoms with E-state index in [9.17, 15) is 14.9 Å². The van der Waals surface area contributed by atoms with Gasteiger partial charge in [0, 0.05) is 25.1 Å². The van der Waals surface area contributed by atoms with Gasteiger partial charge < -0.3 is 11.1 Å². The van der Waals surface area contributed by atoms with Gasteiger partial charge in [0.25, 0.3) is 5.69 Å². The van der Waals surface area contributed by atoms with Crippen molar-refractivity contribution in [3.05, 3.63) is 39.9 Å². The lowest BCUT2D eigenvalue weighted by molar-refractivity contribution is -0.384. The van der Waals surface area contributed by atoms with E-state index in [0.717, 1.165) is 18.4 Å². The summed E-state index contributed by atoms with van der Waals surface area (Å²) >= 11 is 0. The van der Waals surface area contributed by atoms with Crippen molar-refractivity contribution in [2.75, 3.05) is 6.54 Å². The molecular weight excluding hydrogens is 258 g/mol. The van der Waals surface area contributed by atoms with Gasteiger partial charge in [-0.15, -0.1) is 0 Å². The molecule has 0 aliphatic carbocycles. The van der Waals surface area contributed by atoms with Crippen LogP contribution in [0.1, 0.15) is 31.7 Å². The van der Waals surface area contributed by atoms with Gasteiger partial charge >= 0.3 is 0 Å². The van der Waals surface area contributed by atoms with Crippen molar-refractivity contribution in [1.29, 1.82) is 0 Å². The van der Waals surface area contributed by atoms with E-state index in [1.54, 1.807) is 12.1 Å². The third kappa shape index (κ3) is 5.79. The third-order valence-corrected chi connectivity index (χ3v) is 3.16. The lowest BCUT2D eigenvalue weighted by Gasteiger charge is -2.10. The maximum Gasteiger partial charge on any atom is 0.269 e. The Morgan fingerprint density at radius 1 is 1.35 bits per heavy atom. The van der Waals surface area contributed by atoms with Crippen molar-refractivity contribution in [2.45, 2.75) is 32.7 Å². The lowest BCUT2D eigenvalue weighted by Crippen LogP contribution is -2.23. The molecule has 1 atom stereocenters. The fourth-order valence-corrected chi connectivity index (χ4v) is 1.83. The van der Waals surface area contributed by atoms with Crippen LogP contribution in [-0.2, 0) is 11.3 Å². The number of nitrogens with two attached hydrogens (primary N) is 1.